The molecule has 1 aliphatic carbocycles. The summed E-state index contributed by atoms with van der Waals surface area (Å²) in [5.41, 5.74) is 0. The second kappa shape index (κ2) is 6.54. The first-order chi connectivity index (χ1) is 8.83. The maximum absolute atomic E-state index is 5.03. The first-order valence-electron chi connectivity index (χ1n) is 6.69. The number of hydrogen-bond acceptors (Lipinski definition) is 5. The minimum Gasteiger partial charge on any atom is -0.385 e. The van der Waals surface area contributed by atoms with Gasteiger partial charge in [0.25, 0.3) is 0 Å². The lowest BCUT2D eigenvalue weighted by atomic mass is 10.3. The van der Waals surface area contributed by atoms with Gasteiger partial charge in [0.05, 0.1) is 0 Å². The van der Waals surface area contributed by atoms with Crippen molar-refractivity contribution in [1.82, 2.24) is 9.97 Å². The van der Waals surface area contributed by atoms with Crippen molar-refractivity contribution in [1.29, 1.82) is 0 Å². The van der Waals surface area contributed by atoms with Gasteiger partial charge in [0.15, 0.2) is 0 Å². The summed E-state index contributed by atoms with van der Waals surface area (Å²) in [5.74, 6) is 3.38. The molecule has 1 fully saturated rings. The lowest BCUT2D eigenvalue weighted by Crippen LogP contribution is -2.09. The van der Waals surface area contributed by atoms with Gasteiger partial charge in [-0.25, -0.2) is 9.97 Å². The minimum absolute atomic E-state index is 0.572. The van der Waals surface area contributed by atoms with E-state index in [4.69, 9.17) is 4.74 Å². The van der Waals surface area contributed by atoms with Crippen LogP contribution in [0.2, 0.25) is 0 Å². The first kappa shape index (κ1) is 13.1. The Labute approximate surface area is 108 Å². The molecule has 0 bridgehead atoms. The molecular weight excluding hydrogens is 228 g/mol. The summed E-state index contributed by atoms with van der Waals surface area (Å²) >= 11 is 0. The molecule has 0 spiro atoms. The van der Waals surface area contributed by atoms with E-state index in [2.05, 4.69) is 27.5 Å². The van der Waals surface area contributed by atoms with Crippen LogP contribution in [0.3, 0.4) is 0 Å². The highest BCUT2D eigenvalue weighted by atomic mass is 16.5. The number of nitrogens with zero attached hydrogens (tertiary/aromatic N) is 2. The maximum atomic E-state index is 5.03. The van der Waals surface area contributed by atoms with Crippen LogP contribution in [0.1, 0.15) is 37.9 Å². The summed E-state index contributed by atoms with van der Waals surface area (Å²) in [7, 11) is 1.72. The van der Waals surface area contributed by atoms with Crippen LogP contribution in [0.5, 0.6) is 0 Å². The van der Waals surface area contributed by atoms with Crippen LogP contribution in [-0.2, 0) is 4.74 Å². The van der Waals surface area contributed by atoms with Gasteiger partial charge >= 0.3 is 0 Å². The zero-order chi connectivity index (χ0) is 12.8. The number of aromatic nitrogens is 2. The fourth-order valence-electron chi connectivity index (χ4n) is 1.79. The maximum Gasteiger partial charge on any atom is 0.136 e. The molecule has 100 valence electrons. The number of rotatable bonds is 8. The lowest BCUT2D eigenvalue weighted by Gasteiger charge is -2.10. The molecule has 1 heterocycles. The van der Waals surface area contributed by atoms with Gasteiger partial charge in [-0.15, -0.1) is 0 Å². The van der Waals surface area contributed by atoms with Gasteiger partial charge in [-0.1, -0.05) is 0 Å². The van der Waals surface area contributed by atoms with Gasteiger partial charge in [-0.2, -0.15) is 0 Å². The quantitative estimate of drug-likeness (QED) is 0.693. The second-order valence-corrected chi connectivity index (χ2v) is 4.57. The van der Waals surface area contributed by atoms with E-state index in [-0.39, 0.29) is 0 Å². The molecule has 2 N–H and O–H groups in total. The van der Waals surface area contributed by atoms with Crippen molar-refractivity contribution in [3.8, 4) is 0 Å². The monoisotopic (exact) mass is 250 g/mol. The van der Waals surface area contributed by atoms with Crippen LogP contribution in [0.4, 0.5) is 11.6 Å². The summed E-state index contributed by atoms with van der Waals surface area (Å²) < 4.78 is 5.03. The van der Waals surface area contributed by atoms with E-state index in [1.807, 2.05) is 6.07 Å². The Hall–Kier alpha value is -1.36. The Balaban J connectivity index is 1.98. The Bertz CT molecular complexity index is 379. The Morgan fingerprint density at radius 1 is 1.28 bits per heavy atom. The Morgan fingerprint density at radius 2 is 2.00 bits per heavy atom. The molecule has 0 aromatic carbocycles. The van der Waals surface area contributed by atoms with Crippen molar-refractivity contribution >= 4 is 11.6 Å². The average molecular weight is 250 g/mol. The fraction of sp³-hybridized carbons (Fsp3) is 0.692. The third-order valence-electron chi connectivity index (χ3n) is 2.88. The summed E-state index contributed by atoms with van der Waals surface area (Å²) in [4.78, 5) is 9.11. The van der Waals surface area contributed by atoms with E-state index in [1.165, 1.54) is 12.8 Å². The number of ether oxygens (including phenoxy) is 1. The second-order valence-electron chi connectivity index (χ2n) is 4.57. The third-order valence-corrected chi connectivity index (χ3v) is 2.88. The average Bonchev–Trinajstić information content (AvgIpc) is 3.19. The van der Waals surface area contributed by atoms with E-state index in [0.717, 1.165) is 43.6 Å². The number of anilines is 2. The molecule has 5 nitrogen and oxygen atoms in total. The minimum atomic E-state index is 0.572. The summed E-state index contributed by atoms with van der Waals surface area (Å²) in [6.45, 7) is 4.60. The molecule has 1 saturated carbocycles. The normalized spacial score (nSPS) is 14.6. The fourth-order valence-corrected chi connectivity index (χ4v) is 1.79. The highest BCUT2D eigenvalue weighted by molar-refractivity contribution is 5.48. The largest absolute Gasteiger partial charge is 0.385 e. The van der Waals surface area contributed by atoms with E-state index < -0.39 is 0 Å². The van der Waals surface area contributed by atoms with E-state index >= 15 is 0 Å². The molecule has 18 heavy (non-hydrogen) atoms. The van der Waals surface area contributed by atoms with Crippen molar-refractivity contribution in [3.05, 3.63) is 11.9 Å². The van der Waals surface area contributed by atoms with Crippen molar-refractivity contribution in [2.24, 2.45) is 0 Å². The first-order valence-corrected chi connectivity index (χ1v) is 6.69. The predicted molar refractivity (Wildman–Crippen MR) is 73.2 cm³/mol. The molecule has 0 amide bonds. The van der Waals surface area contributed by atoms with Crippen LogP contribution in [0.15, 0.2) is 6.07 Å². The van der Waals surface area contributed by atoms with Gasteiger partial charge in [0.2, 0.25) is 0 Å². The van der Waals surface area contributed by atoms with E-state index in [1.54, 1.807) is 7.11 Å². The van der Waals surface area contributed by atoms with Gasteiger partial charge in [-0.3, -0.25) is 0 Å². The van der Waals surface area contributed by atoms with Crippen molar-refractivity contribution in [3.63, 3.8) is 0 Å². The molecule has 0 radical (unpaired) electrons. The zero-order valence-electron chi connectivity index (χ0n) is 11.2. The van der Waals surface area contributed by atoms with Gasteiger partial charge in [0.1, 0.15) is 17.5 Å². The molecule has 1 aromatic rings. The number of hydrogen-bond donors (Lipinski definition) is 2. The van der Waals surface area contributed by atoms with E-state index in [0.29, 0.717) is 5.92 Å². The molecule has 0 unspecified atom stereocenters. The van der Waals surface area contributed by atoms with Crippen LogP contribution < -0.4 is 10.6 Å². The molecular formula is C13H22N4O. The molecule has 0 atom stereocenters. The summed E-state index contributed by atoms with van der Waals surface area (Å²) in [6.07, 6.45) is 3.42. The highest BCUT2D eigenvalue weighted by Crippen LogP contribution is 2.38. The standard InChI is InChI=1S/C13H22N4O/c1-3-14-11-9-12(15-7-4-8-18-2)17-13(16-11)10-5-6-10/h9-10H,3-8H2,1-2H3,(H2,14,15,16,17). The molecule has 1 aliphatic rings. The molecule has 0 saturated heterocycles. The van der Waals surface area contributed by atoms with Crippen LogP contribution in [0.25, 0.3) is 0 Å². The number of nitrogens with one attached hydrogen (secondary N) is 2. The smallest absolute Gasteiger partial charge is 0.136 e. The van der Waals surface area contributed by atoms with Gasteiger partial charge in [0, 0.05) is 38.8 Å². The SMILES string of the molecule is CCNc1cc(NCCCOC)nc(C2CC2)n1. The van der Waals surface area contributed by atoms with Gasteiger partial charge < -0.3 is 15.4 Å². The topological polar surface area (TPSA) is 59.1 Å². The predicted octanol–water partition coefficient (Wildman–Crippen LogP) is 2.23. The van der Waals surface area contributed by atoms with Crippen molar-refractivity contribution in [2.45, 2.75) is 32.1 Å². The summed E-state index contributed by atoms with van der Waals surface area (Å²) in [6, 6.07) is 1.97. The summed E-state index contributed by atoms with van der Waals surface area (Å²) in [5, 5.41) is 6.59. The molecule has 0 aliphatic heterocycles. The Kier molecular flexibility index (Phi) is 4.75. The number of methoxy groups -OCH3 is 1. The molecule has 5 heteroatoms. The molecule has 2 rings (SSSR count). The lowest BCUT2D eigenvalue weighted by molar-refractivity contribution is 0.198. The van der Waals surface area contributed by atoms with Crippen LogP contribution >= 0.6 is 0 Å². The zero-order valence-corrected chi connectivity index (χ0v) is 11.2. The van der Waals surface area contributed by atoms with E-state index in [9.17, 15) is 0 Å². The molecule has 1 aromatic heterocycles. The van der Waals surface area contributed by atoms with Crippen molar-refractivity contribution in [2.75, 3.05) is 37.4 Å². The van der Waals surface area contributed by atoms with Crippen molar-refractivity contribution < 1.29 is 4.74 Å². The Morgan fingerprint density at radius 3 is 2.61 bits per heavy atom. The van der Waals surface area contributed by atoms with Crippen LogP contribution in [0, 0.1) is 0 Å². The van der Waals surface area contributed by atoms with Gasteiger partial charge in [-0.05, 0) is 26.2 Å². The third kappa shape index (κ3) is 3.84. The van der Waals surface area contributed by atoms with Crippen LogP contribution in [-0.4, -0.2) is 36.8 Å². The highest BCUT2D eigenvalue weighted by Gasteiger charge is 2.27.